The molecule has 1 atom stereocenters. The lowest BCUT2D eigenvalue weighted by molar-refractivity contribution is -0.139. The maximum absolute atomic E-state index is 11.5. The van der Waals surface area contributed by atoms with Crippen molar-refractivity contribution in [3.63, 3.8) is 0 Å². The molecule has 2 aliphatic rings. The Hall–Kier alpha value is -1.75. The van der Waals surface area contributed by atoms with E-state index >= 15 is 0 Å². The first-order valence-corrected chi connectivity index (χ1v) is 6.49. The van der Waals surface area contributed by atoms with Crippen LogP contribution in [0.2, 0.25) is 0 Å². The SMILES string of the molecule is CNC(C(=O)O)c1c2c(c(C)c3c1OCC3)OCC2. The van der Waals surface area contributed by atoms with E-state index in [0.717, 1.165) is 46.6 Å². The summed E-state index contributed by atoms with van der Waals surface area (Å²) in [7, 11) is 1.65. The summed E-state index contributed by atoms with van der Waals surface area (Å²) in [5.74, 6) is 0.724. The molecule has 19 heavy (non-hydrogen) atoms. The van der Waals surface area contributed by atoms with Crippen molar-refractivity contribution in [2.24, 2.45) is 0 Å². The van der Waals surface area contributed by atoms with E-state index in [1.807, 2.05) is 6.92 Å². The average Bonchev–Trinajstić information content (AvgIpc) is 3.02. The highest BCUT2D eigenvalue weighted by Gasteiger charge is 2.35. The third-order valence-electron chi connectivity index (χ3n) is 3.93. The van der Waals surface area contributed by atoms with Gasteiger partial charge in [0.25, 0.3) is 0 Å². The Kier molecular flexibility index (Phi) is 2.86. The van der Waals surface area contributed by atoms with Crippen molar-refractivity contribution < 1.29 is 19.4 Å². The van der Waals surface area contributed by atoms with Gasteiger partial charge in [-0.2, -0.15) is 0 Å². The number of hydrogen-bond acceptors (Lipinski definition) is 4. The fraction of sp³-hybridized carbons (Fsp3) is 0.500. The highest BCUT2D eigenvalue weighted by molar-refractivity contribution is 5.79. The van der Waals surface area contributed by atoms with Gasteiger partial charge in [-0.3, -0.25) is 4.79 Å². The lowest BCUT2D eigenvalue weighted by Crippen LogP contribution is -2.26. The molecule has 0 aliphatic carbocycles. The normalized spacial score (nSPS) is 17.4. The van der Waals surface area contributed by atoms with E-state index in [2.05, 4.69) is 5.32 Å². The monoisotopic (exact) mass is 263 g/mol. The summed E-state index contributed by atoms with van der Waals surface area (Å²) in [4.78, 5) is 11.5. The number of fused-ring (bicyclic) bond motifs is 2. The summed E-state index contributed by atoms with van der Waals surface area (Å²) in [6.07, 6.45) is 1.56. The Morgan fingerprint density at radius 3 is 2.47 bits per heavy atom. The fourth-order valence-electron chi connectivity index (χ4n) is 3.07. The van der Waals surface area contributed by atoms with Gasteiger partial charge in [0.1, 0.15) is 17.5 Å². The van der Waals surface area contributed by atoms with Gasteiger partial charge < -0.3 is 19.9 Å². The van der Waals surface area contributed by atoms with Crippen LogP contribution in [-0.4, -0.2) is 31.3 Å². The predicted molar refractivity (Wildman–Crippen MR) is 69.0 cm³/mol. The molecule has 0 spiro atoms. The average molecular weight is 263 g/mol. The summed E-state index contributed by atoms with van der Waals surface area (Å²) < 4.78 is 11.4. The van der Waals surface area contributed by atoms with Gasteiger partial charge in [0.05, 0.1) is 13.2 Å². The molecule has 1 aromatic carbocycles. The molecule has 1 unspecified atom stereocenters. The Labute approximate surface area is 111 Å². The summed E-state index contributed by atoms with van der Waals surface area (Å²) in [6.45, 7) is 3.25. The summed E-state index contributed by atoms with van der Waals surface area (Å²) in [5.41, 5.74) is 3.93. The van der Waals surface area contributed by atoms with Crippen LogP contribution in [0, 0.1) is 6.92 Å². The van der Waals surface area contributed by atoms with E-state index in [1.54, 1.807) is 7.05 Å². The van der Waals surface area contributed by atoms with Gasteiger partial charge in [-0.25, -0.2) is 0 Å². The Bertz CT molecular complexity index is 518. The second-order valence-electron chi connectivity index (χ2n) is 4.91. The number of carboxylic acid groups (broad SMARTS) is 1. The van der Waals surface area contributed by atoms with Crippen LogP contribution in [0.4, 0.5) is 0 Å². The van der Waals surface area contributed by atoms with E-state index in [4.69, 9.17) is 9.47 Å². The number of rotatable bonds is 3. The van der Waals surface area contributed by atoms with Gasteiger partial charge in [-0.15, -0.1) is 0 Å². The maximum atomic E-state index is 11.5. The van der Waals surface area contributed by atoms with Gasteiger partial charge >= 0.3 is 5.97 Å². The molecule has 0 saturated carbocycles. The molecule has 0 amide bonds. The number of carboxylic acids is 1. The minimum Gasteiger partial charge on any atom is -0.493 e. The zero-order valence-corrected chi connectivity index (χ0v) is 11.1. The fourth-order valence-corrected chi connectivity index (χ4v) is 3.07. The van der Waals surface area contributed by atoms with Crippen LogP contribution in [0.25, 0.3) is 0 Å². The van der Waals surface area contributed by atoms with Gasteiger partial charge in [-0.05, 0) is 19.5 Å². The van der Waals surface area contributed by atoms with Crippen molar-refractivity contribution in [3.05, 3.63) is 22.3 Å². The molecule has 3 rings (SSSR count). The molecule has 1 aromatic rings. The van der Waals surface area contributed by atoms with Crippen LogP contribution in [0.3, 0.4) is 0 Å². The lowest BCUT2D eigenvalue weighted by Gasteiger charge is -2.20. The molecular formula is C14H17NO4. The van der Waals surface area contributed by atoms with Crippen molar-refractivity contribution in [3.8, 4) is 11.5 Å². The first-order valence-electron chi connectivity index (χ1n) is 6.49. The third-order valence-corrected chi connectivity index (χ3v) is 3.93. The van der Waals surface area contributed by atoms with Crippen LogP contribution >= 0.6 is 0 Å². The maximum Gasteiger partial charge on any atom is 0.325 e. The van der Waals surface area contributed by atoms with Gasteiger partial charge in [0, 0.05) is 29.5 Å². The second kappa shape index (κ2) is 4.42. The quantitative estimate of drug-likeness (QED) is 0.858. The molecule has 5 heteroatoms. The first-order chi connectivity index (χ1) is 9.15. The minimum absolute atomic E-state index is 0.613. The molecule has 102 valence electrons. The van der Waals surface area contributed by atoms with Crippen molar-refractivity contribution in [2.75, 3.05) is 20.3 Å². The smallest absolute Gasteiger partial charge is 0.325 e. The molecule has 2 aliphatic heterocycles. The topological polar surface area (TPSA) is 67.8 Å². The van der Waals surface area contributed by atoms with Crippen molar-refractivity contribution in [1.29, 1.82) is 0 Å². The summed E-state index contributed by atoms with van der Waals surface area (Å²) >= 11 is 0. The second-order valence-corrected chi connectivity index (χ2v) is 4.91. The molecule has 2 N–H and O–H groups in total. The van der Waals surface area contributed by atoms with Crippen molar-refractivity contribution >= 4 is 5.97 Å². The zero-order chi connectivity index (χ0) is 13.6. The highest BCUT2D eigenvalue weighted by atomic mass is 16.5. The molecule has 2 heterocycles. The number of hydrogen-bond donors (Lipinski definition) is 2. The number of ether oxygens (including phenoxy) is 2. The molecule has 0 saturated heterocycles. The minimum atomic E-state index is -0.891. The Morgan fingerprint density at radius 2 is 1.84 bits per heavy atom. The lowest BCUT2D eigenvalue weighted by atomic mass is 9.91. The van der Waals surface area contributed by atoms with Crippen LogP contribution in [0.15, 0.2) is 0 Å². The van der Waals surface area contributed by atoms with Crippen LogP contribution in [0.5, 0.6) is 11.5 Å². The van der Waals surface area contributed by atoms with E-state index in [9.17, 15) is 9.90 Å². The van der Waals surface area contributed by atoms with Gasteiger partial charge in [-0.1, -0.05) is 0 Å². The molecule has 0 bridgehead atoms. The van der Waals surface area contributed by atoms with Crippen LogP contribution in [-0.2, 0) is 17.6 Å². The van der Waals surface area contributed by atoms with Crippen molar-refractivity contribution in [1.82, 2.24) is 5.32 Å². The third kappa shape index (κ3) is 1.69. The van der Waals surface area contributed by atoms with Crippen LogP contribution < -0.4 is 14.8 Å². The highest BCUT2D eigenvalue weighted by Crippen LogP contribution is 2.46. The molecular weight excluding hydrogens is 246 g/mol. The number of benzene rings is 1. The Morgan fingerprint density at radius 1 is 1.21 bits per heavy atom. The van der Waals surface area contributed by atoms with E-state index < -0.39 is 12.0 Å². The van der Waals surface area contributed by atoms with Gasteiger partial charge in [0.2, 0.25) is 0 Å². The summed E-state index contributed by atoms with van der Waals surface area (Å²) in [6, 6.07) is -0.747. The van der Waals surface area contributed by atoms with Crippen molar-refractivity contribution in [2.45, 2.75) is 25.8 Å². The predicted octanol–water partition coefficient (Wildman–Crippen LogP) is 1.21. The molecule has 0 fully saturated rings. The van der Waals surface area contributed by atoms with Gasteiger partial charge in [0.15, 0.2) is 0 Å². The largest absolute Gasteiger partial charge is 0.493 e. The zero-order valence-electron chi connectivity index (χ0n) is 11.1. The van der Waals surface area contributed by atoms with E-state index in [0.29, 0.717) is 13.2 Å². The standard InChI is InChI=1S/C14H17NO4/c1-7-8-3-5-19-13(8)10(11(15-2)14(16)17)9-4-6-18-12(7)9/h11,15H,3-6H2,1-2H3,(H,16,17). The van der Waals surface area contributed by atoms with E-state index in [-0.39, 0.29) is 0 Å². The van der Waals surface area contributed by atoms with E-state index in [1.165, 1.54) is 0 Å². The number of carbonyl (C=O) groups is 1. The molecule has 0 aromatic heterocycles. The summed E-state index contributed by atoms with van der Waals surface area (Å²) in [5, 5.41) is 12.3. The van der Waals surface area contributed by atoms with Crippen LogP contribution in [0.1, 0.15) is 28.3 Å². The molecule has 5 nitrogen and oxygen atoms in total. The first kappa shape index (κ1) is 12.3. The Balaban J connectivity index is 2.26. The molecule has 0 radical (unpaired) electrons. The number of aliphatic carboxylic acids is 1. The number of nitrogens with one attached hydrogen (secondary N) is 1. The number of likely N-dealkylation sites (N-methyl/N-ethyl adjacent to an activating group) is 1.